The highest BCUT2D eigenvalue weighted by Gasteiger charge is 2.37. The zero-order chi connectivity index (χ0) is 19.3. The van der Waals surface area contributed by atoms with E-state index in [4.69, 9.17) is 10.2 Å². The Kier molecular flexibility index (Phi) is 7.84. The van der Waals surface area contributed by atoms with Crippen molar-refractivity contribution in [3.63, 3.8) is 0 Å². The van der Waals surface area contributed by atoms with E-state index in [9.17, 15) is 4.79 Å². The zero-order valence-electron chi connectivity index (χ0n) is 17.0. The fraction of sp³-hybridized carbons (Fsp3) is 0.650. The fourth-order valence-corrected chi connectivity index (χ4v) is 3.23. The molecule has 0 saturated carbocycles. The van der Waals surface area contributed by atoms with Gasteiger partial charge in [-0.15, -0.1) is 0 Å². The second-order valence-electron chi connectivity index (χ2n) is 8.53. The van der Waals surface area contributed by atoms with Gasteiger partial charge in [-0.2, -0.15) is 0 Å². The smallest absolute Gasteiger partial charge is 0.224 e. The van der Waals surface area contributed by atoms with Crippen LogP contribution in [0, 0.1) is 5.92 Å². The number of carbonyl (C=O) groups is 1. The molecule has 2 atom stereocenters. The summed E-state index contributed by atoms with van der Waals surface area (Å²) < 4.78 is 6.25. The number of hydrogen-bond acceptors (Lipinski definition) is 3. The van der Waals surface area contributed by atoms with Crippen LogP contribution in [0.25, 0.3) is 0 Å². The Morgan fingerprint density at radius 2 is 1.88 bits per heavy atom. The number of benzene rings is 1. The summed E-state index contributed by atoms with van der Waals surface area (Å²) in [4.78, 5) is 12.2. The van der Waals surface area contributed by atoms with Crippen molar-refractivity contribution in [3.8, 4) is 0 Å². The van der Waals surface area contributed by atoms with Gasteiger partial charge in [0.05, 0.1) is 12.6 Å². The number of para-hydroxylation sites is 1. The van der Waals surface area contributed by atoms with Crippen LogP contribution in [-0.2, 0) is 9.22 Å². The van der Waals surface area contributed by atoms with Gasteiger partial charge in [0.2, 0.25) is 5.91 Å². The maximum absolute atomic E-state index is 12.2. The molecule has 142 valence electrons. The van der Waals surface area contributed by atoms with Gasteiger partial charge in [-0.1, -0.05) is 59.2 Å². The van der Waals surface area contributed by atoms with Gasteiger partial charge in [-0.25, -0.2) is 0 Å². The van der Waals surface area contributed by atoms with E-state index in [1.807, 2.05) is 24.3 Å². The molecule has 0 aliphatic carbocycles. The van der Waals surface area contributed by atoms with Gasteiger partial charge in [0, 0.05) is 12.1 Å². The molecule has 1 aromatic carbocycles. The average molecular weight is 365 g/mol. The second-order valence-corrected chi connectivity index (χ2v) is 13.3. The van der Waals surface area contributed by atoms with Crippen molar-refractivity contribution in [2.75, 3.05) is 11.9 Å². The van der Waals surface area contributed by atoms with Crippen molar-refractivity contribution in [3.05, 3.63) is 29.8 Å². The molecule has 0 fully saturated rings. The second kappa shape index (κ2) is 8.97. The largest absolute Gasteiger partial charge is 0.415 e. The molecule has 0 aromatic heterocycles. The molecule has 1 aromatic rings. The van der Waals surface area contributed by atoms with Crippen LogP contribution in [0.4, 0.5) is 5.69 Å². The van der Waals surface area contributed by atoms with E-state index in [-0.39, 0.29) is 17.0 Å². The van der Waals surface area contributed by atoms with E-state index in [1.165, 1.54) is 0 Å². The van der Waals surface area contributed by atoms with Gasteiger partial charge in [-0.05, 0) is 35.7 Å². The summed E-state index contributed by atoms with van der Waals surface area (Å²) in [5.41, 5.74) is 8.12. The molecular formula is C20H36N2O2Si. The van der Waals surface area contributed by atoms with E-state index >= 15 is 0 Å². The molecule has 1 unspecified atom stereocenters. The zero-order valence-corrected chi connectivity index (χ0v) is 18.0. The van der Waals surface area contributed by atoms with Crippen LogP contribution in [0.3, 0.4) is 0 Å². The van der Waals surface area contributed by atoms with Crippen LogP contribution >= 0.6 is 0 Å². The first-order valence-corrected chi connectivity index (χ1v) is 12.2. The average Bonchev–Trinajstić information content (AvgIpc) is 2.51. The Morgan fingerprint density at radius 3 is 2.44 bits per heavy atom. The minimum atomic E-state index is -1.84. The lowest BCUT2D eigenvalue weighted by Crippen LogP contribution is -2.42. The minimum Gasteiger partial charge on any atom is -0.415 e. The Balaban J connectivity index is 2.80. The number of nitrogens with two attached hydrogens (primary N) is 1. The Labute approximate surface area is 154 Å². The van der Waals surface area contributed by atoms with Crippen LogP contribution in [0.1, 0.15) is 59.1 Å². The molecule has 0 heterocycles. The summed E-state index contributed by atoms with van der Waals surface area (Å²) in [6.45, 7) is 15.7. The molecule has 0 saturated heterocycles. The number of anilines is 1. The number of amides is 1. The van der Waals surface area contributed by atoms with Crippen LogP contribution in [-0.4, -0.2) is 20.8 Å². The molecule has 3 N–H and O–H groups in total. The summed E-state index contributed by atoms with van der Waals surface area (Å²) in [5, 5.41) is 3.17. The maximum Gasteiger partial charge on any atom is 0.224 e. The van der Waals surface area contributed by atoms with Gasteiger partial charge < -0.3 is 15.5 Å². The molecule has 5 heteroatoms. The Hall–Kier alpha value is -1.17. The molecule has 1 rings (SSSR count). The lowest BCUT2D eigenvalue weighted by Gasteiger charge is -2.37. The quantitative estimate of drug-likeness (QED) is 0.632. The van der Waals surface area contributed by atoms with Crippen molar-refractivity contribution in [2.24, 2.45) is 11.7 Å². The third-order valence-electron chi connectivity index (χ3n) is 5.30. The monoisotopic (exact) mass is 364 g/mol. The minimum absolute atomic E-state index is 0.0410. The van der Waals surface area contributed by atoms with E-state index in [0.717, 1.165) is 17.7 Å². The summed E-state index contributed by atoms with van der Waals surface area (Å²) in [6, 6.07) is 7.50. The van der Waals surface area contributed by atoms with Crippen molar-refractivity contribution < 1.29 is 9.22 Å². The van der Waals surface area contributed by atoms with Gasteiger partial charge in [-0.3, -0.25) is 4.79 Å². The third-order valence-corrected chi connectivity index (χ3v) is 9.80. The maximum atomic E-state index is 12.2. The van der Waals surface area contributed by atoms with Gasteiger partial charge in [0.25, 0.3) is 0 Å². The molecule has 0 aliphatic rings. The van der Waals surface area contributed by atoms with Crippen molar-refractivity contribution >= 4 is 19.9 Å². The van der Waals surface area contributed by atoms with Crippen LogP contribution in [0.2, 0.25) is 18.1 Å². The van der Waals surface area contributed by atoms with Gasteiger partial charge >= 0.3 is 0 Å². The molecule has 0 radical (unpaired) electrons. The first kappa shape index (κ1) is 21.9. The van der Waals surface area contributed by atoms with Crippen LogP contribution in [0.15, 0.2) is 24.3 Å². The highest BCUT2D eigenvalue weighted by molar-refractivity contribution is 6.74. The standard InChI is InChI=1S/C20H36N2O2Si/c1-8-15(2)13-19(23)22-18-12-10-9-11-16(18)17(21)14-24-25(6,7)20(3,4)5/h9-12,15,17H,8,13-14,21H2,1-7H3,(H,22,23)/t15-,17?/m0/s1. The Morgan fingerprint density at radius 1 is 1.28 bits per heavy atom. The van der Waals surface area contributed by atoms with Gasteiger partial charge in [0.1, 0.15) is 0 Å². The van der Waals surface area contributed by atoms with Crippen molar-refractivity contribution in [1.82, 2.24) is 0 Å². The van der Waals surface area contributed by atoms with Crippen molar-refractivity contribution in [1.29, 1.82) is 0 Å². The van der Waals surface area contributed by atoms with Crippen LogP contribution < -0.4 is 11.1 Å². The van der Waals surface area contributed by atoms with E-state index < -0.39 is 8.32 Å². The van der Waals surface area contributed by atoms with Crippen molar-refractivity contribution in [2.45, 2.75) is 71.6 Å². The first-order valence-electron chi connectivity index (χ1n) is 9.26. The highest BCUT2D eigenvalue weighted by atomic mass is 28.4. The summed E-state index contributed by atoms with van der Waals surface area (Å²) >= 11 is 0. The molecule has 1 amide bonds. The normalized spacial score (nSPS) is 14.9. The topological polar surface area (TPSA) is 64.4 Å². The SMILES string of the molecule is CC[C@H](C)CC(=O)Nc1ccccc1C(N)CO[Si](C)(C)C(C)(C)C. The number of hydrogen-bond donors (Lipinski definition) is 2. The predicted molar refractivity (Wildman–Crippen MR) is 109 cm³/mol. The first-order chi connectivity index (χ1) is 11.5. The predicted octanol–water partition coefficient (Wildman–Crippen LogP) is 5.08. The van der Waals surface area contributed by atoms with E-state index in [2.05, 4.69) is 53.0 Å². The molecule has 0 spiro atoms. The lowest BCUT2D eigenvalue weighted by molar-refractivity contribution is -0.117. The van der Waals surface area contributed by atoms with E-state index in [1.54, 1.807) is 0 Å². The number of rotatable bonds is 8. The van der Waals surface area contributed by atoms with Gasteiger partial charge in [0.15, 0.2) is 8.32 Å². The van der Waals surface area contributed by atoms with Crippen LogP contribution in [0.5, 0.6) is 0 Å². The summed E-state index contributed by atoms with van der Waals surface area (Å²) in [5.74, 6) is 0.419. The third kappa shape index (κ3) is 6.57. The molecule has 4 nitrogen and oxygen atoms in total. The summed E-state index contributed by atoms with van der Waals surface area (Å²) in [6.07, 6.45) is 1.52. The fourth-order valence-electron chi connectivity index (χ4n) is 2.20. The number of carbonyl (C=O) groups excluding carboxylic acids is 1. The highest BCUT2D eigenvalue weighted by Crippen LogP contribution is 2.37. The molecule has 0 bridgehead atoms. The Bertz CT molecular complexity index is 567. The molecule has 0 aliphatic heterocycles. The molecular weight excluding hydrogens is 328 g/mol. The number of nitrogens with one attached hydrogen (secondary N) is 1. The van der Waals surface area contributed by atoms with E-state index in [0.29, 0.717) is 18.9 Å². The molecule has 25 heavy (non-hydrogen) atoms. The summed E-state index contributed by atoms with van der Waals surface area (Å²) in [7, 11) is -1.84. The lowest BCUT2D eigenvalue weighted by atomic mass is 10.0.